The minimum absolute atomic E-state index is 0.181. The van der Waals surface area contributed by atoms with Gasteiger partial charge in [-0.2, -0.15) is 0 Å². The molecular weight excluding hydrogens is 470 g/mol. The van der Waals surface area contributed by atoms with Crippen LogP contribution in [-0.4, -0.2) is 39.2 Å². The second-order valence-electron chi connectivity index (χ2n) is 6.98. The van der Waals surface area contributed by atoms with Crippen molar-refractivity contribution in [2.75, 3.05) is 18.8 Å². The van der Waals surface area contributed by atoms with Crippen LogP contribution in [-0.2, 0) is 4.79 Å². The highest BCUT2D eigenvalue weighted by molar-refractivity contribution is 9.10. The van der Waals surface area contributed by atoms with Crippen molar-refractivity contribution >= 4 is 45.2 Å². The van der Waals surface area contributed by atoms with Crippen molar-refractivity contribution in [2.24, 2.45) is 0 Å². The summed E-state index contributed by atoms with van der Waals surface area (Å²) in [5.41, 5.74) is 2.95. The molecule has 1 saturated heterocycles. The molecular formula is C22H21BrClN3OS. The number of carbonyl (C=O) groups excluding carboxylic acids is 1. The quantitative estimate of drug-likeness (QED) is 0.408. The van der Waals surface area contributed by atoms with E-state index in [1.165, 1.54) is 18.2 Å². The van der Waals surface area contributed by atoms with Crippen LogP contribution in [0.25, 0.3) is 16.9 Å². The van der Waals surface area contributed by atoms with E-state index in [2.05, 4.69) is 37.6 Å². The van der Waals surface area contributed by atoms with E-state index in [1.54, 1.807) is 0 Å². The maximum Gasteiger partial charge on any atom is 0.233 e. The summed E-state index contributed by atoms with van der Waals surface area (Å²) in [5, 5.41) is 1.45. The lowest BCUT2D eigenvalue weighted by molar-refractivity contribution is -0.129. The molecule has 7 heteroatoms. The molecule has 2 aromatic carbocycles. The molecule has 2 heterocycles. The molecule has 4 rings (SSSR count). The molecule has 0 aliphatic carbocycles. The average molecular weight is 491 g/mol. The number of amides is 1. The van der Waals surface area contributed by atoms with Crippen LogP contribution in [0, 0.1) is 0 Å². The lowest BCUT2D eigenvalue weighted by atomic mass is 10.1. The van der Waals surface area contributed by atoms with Crippen LogP contribution in [0.4, 0.5) is 0 Å². The summed E-state index contributed by atoms with van der Waals surface area (Å²) in [6.45, 7) is 1.73. The Balaban J connectivity index is 1.64. The minimum Gasteiger partial charge on any atom is -0.342 e. The molecule has 1 aliphatic rings. The largest absolute Gasteiger partial charge is 0.342 e. The third kappa shape index (κ3) is 4.87. The molecule has 0 N–H and O–H groups in total. The summed E-state index contributed by atoms with van der Waals surface area (Å²) >= 11 is 11.2. The summed E-state index contributed by atoms with van der Waals surface area (Å²) in [6, 6.07) is 15.8. The molecule has 0 bridgehead atoms. The van der Waals surface area contributed by atoms with E-state index >= 15 is 0 Å². The third-order valence-electron chi connectivity index (χ3n) is 4.97. The lowest BCUT2D eigenvalue weighted by Crippen LogP contribution is -2.36. The van der Waals surface area contributed by atoms with E-state index in [0.29, 0.717) is 10.8 Å². The average Bonchev–Trinajstić information content (AvgIpc) is 3.17. The number of carbonyl (C=O) groups is 1. The van der Waals surface area contributed by atoms with Gasteiger partial charge in [-0.05, 0) is 49.6 Å². The lowest BCUT2D eigenvalue weighted by Gasteiger charge is -2.26. The van der Waals surface area contributed by atoms with Crippen LogP contribution in [0.15, 0.2) is 64.4 Å². The Bertz CT molecular complexity index is 1000. The predicted molar refractivity (Wildman–Crippen MR) is 123 cm³/mol. The number of piperidine rings is 1. The van der Waals surface area contributed by atoms with Crippen molar-refractivity contribution < 1.29 is 4.79 Å². The van der Waals surface area contributed by atoms with Crippen LogP contribution in [0.5, 0.6) is 0 Å². The fourth-order valence-electron chi connectivity index (χ4n) is 3.49. The zero-order valence-electron chi connectivity index (χ0n) is 15.9. The minimum atomic E-state index is 0.181. The van der Waals surface area contributed by atoms with E-state index in [-0.39, 0.29) is 5.91 Å². The van der Waals surface area contributed by atoms with Crippen molar-refractivity contribution in [1.29, 1.82) is 0 Å². The Morgan fingerprint density at radius 3 is 2.59 bits per heavy atom. The molecule has 0 unspecified atom stereocenters. The van der Waals surface area contributed by atoms with Crippen LogP contribution in [0.1, 0.15) is 19.3 Å². The molecule has 1 fully saturated rings. The highest BCUT2D eigenvalue weighted by Gasteiger charge is 2.19. The number of imidazole rings is 1. The van der Waals surface area contributed by atoms with Crippen LogP contribution in [0.2, 0.25) is 5.02 Å². The molecule has 0 saturated carbocycles. The monoisotopic (exact) mass is 489 g/mol. The second kappa shape index (κ2) is 9.37. The van der Waals surface area contributed by atoms with Gasteiger partial charge in [-0.1, -0.05) is 57.5 Å². The number of hydrogen-bond acceptors (Lipinski definition) is 3. The molecule has 1 amide bonds. The molecule has 0 atom stereocenters. The number of hydrogen-bond donors (Lipinski definition) is 0. The Morgan fingerprint density at radius 1 is 1.10 bits per heavy atom. The molecule has 29 heavy (non-hydrogen) atoms. The van der Waals surface area contributed by atoms with Crippen LogP contribution in [0.3, 0.4) is 0 Å². The van der Waals surface area contributed by atoms with Gasteiger partial charge in [0, 0.05) is 33.8 Å². The van der Waals surface area contributed by atoms with E-state index in [0.717, 1.165) is 52.5 Å². The molecule has 4 nitrogen and oxygen atoms in total. The van der Waals surface area contributed by atoms with Gasteiger partial charge in [0.05, 0.1) is 17.6 Å². The van der Waals surface area contributed by atoms with Crippen LogP contribution >= 0.6 is 39.3 Å². The first kappa shape index (κ1) is 20.5. The van der Waals surface area contributed by atoms with E-state index in [9.17, 15) is 4.79 Å². The number of aromatic nitrogens is 2. The summed E-state index contributed by atoms with van der Waals surface area (Å²) in [6.07, 6.45) is 5.27. The number of rotatable bonds is 5. The molecule has 0 radical (unpaired) electrons. The van der Waals surface area contributed by atoms with Gasteiger partial charge in [0.15, 0.2) is 5.16 Å². The zero-order valence-corrected chi connectivity index (χ0v) is 19.0. The number of likely N-dealkylation sites (tertiary alicyclic amines) is 1. The predicted octanol–water partition coefficient (Wildman–Crippen LogP) is 6.06. The fraction of sp³-hybridized carbons (Fsp3) is 0.273. The van der Waals surface area contributed by atoms with Crippen molar-refractivity contribution in [3.63, 3.8) is 0 Å². The van der Waals surface area contributed by atoms with Gasteiger partial charge < -0.3 is 4.90 Å². The Kier molecular flexibility index (Phi) is 6.63. The topological polar surface area (TPSA) is 38.1 Å². The Hall–Kier alpha value is -1.76. The van der Waals surface area contributed by atoms with E-state index in [4.69, 9.17) is 11.6 Å². The third-order valence-corrected chi connectivity index (χ3v) is 6.67. The molecule has 0 spiro atoms. The van der Waals surface area contributed by atoms with Gasteiger partial charge in [-0.15, -0.1) is 0 Å². The Labute approximate surface area is 188 Å². The highest BCUT2D eigenvalue weighted by atomic mass is 79.9. The van der Waals surface area contributed by atoms with Gasteiger partial charge in [0.1, 0.15) is 0 Å². The van der Waals surface area contributed by atoms with E-state index in [1.807, 2.05) is 47.5 Å². The fourth-order valence-corrected chi connectivity index (χ4v) is 4.83. The van der Waals surface area contributed by atoms with Crippen LogP contribution < -0.4 is 0 Å². The zero-order chi connectivity index (χ0) is 20.2. The van der Waals surface area contributed by atoms with Crippen molar-refractivity contribution in [3.05, 3.63) is 64.2 Å². The smallest absolute Gasteiger partial charge is 0.233 e. The van der Waals surface area contributed by atoms with Gasteiger partial charge in [-0.25, -0.2) is 4.98 Å². The number of benzene rings is 2. The maximum absolute atomic E-state index is 12.6. The highest BCUT2D eigenvalue weighted by Crippen LogP contribution is 2.31. The first-order valence-electron chi connectivity index (χ1n) is 9.62. The SMILES string of the molecule is O=C(CSc1ncc(-c2ccc(Br)cc2)n1-c1cccc(Cl)c1)N1CCCCC1. The summed E-state index contributed by atoms with van der Waals surface area (Å²) < 4.78 is 3.10. The maximum atomic E-state index is 12.6. The van der Waals surface area contributed by atoms with Crippen molar-refractivity contribution in [1.82, 2.24) is 14.5 Å². The number of thioether (sulfide) groups is 1. The van der Waals surface area contributed by atoms with Gasteiger partial charge >= 0.3 is 0 Å². The summed E-state index contributed by atoms with van der Waals surface area (Å²) in [7, 11) is 0. The van der Waals surface area contributed by atoms with Crippen molar-refractivity contribution in [3.8, 4) is 16.9 Å². The van der Waals surface area contributed by atoms with Crippen molar-refractivity contribution in [2.45, 2.75) is 24.4 Å². The summed E-state index contributed by atoms with van der Waals surface area (Å²) in [4.78, 5) is 19.2. The number of halogens is 2. The molecule has 1 aliphatic heterocycles. The normalized spacial score (nSPS) is 14.2. The van der Waals surface area contributed by atoms with Gasteiger partial charge in [-0.3, -0.25) is 9.36 Å². The molecule has 1 aromatic heterocycles. The van der Waals surface area contributed by atoms with Gasteiger partial charge in [0.25, 0.3) is 0 Å². The summed E-state index contributed by atoms with van der Waals surface area (Å²) in [5.74, 6) is 0.567. The van der Waals surface area contributed by atoms with E-state index < -0.39 is 0 Å². The molecule has 150 valence electrons. The number of nitrogens with zero attached hydrogens (tertiary/aromatic N) is 3. The second-order valence-corrected chi connectivity index (χ2v) is 9.27. The first-order chi connectivity index (χ1) is 14.1. The standard InChI is InChI=1S/C22H21BrClN3OS/c23-17-9-7-16(8-10-17)20-14-25-22(27(20)19-6-4-5-18(24)13-19)29-15-21(28)26-11-2-1-3-12-26/h4-10,13-14H,1-3,11-12,15H2. The molecule has 3 aromatic rings. The Morgan fingerprint density at radius 2 is 1.86 bits per heavy atom. The van der Waals surface area contributed by atoms with Gasteiger partial charge in [0.2, 0.25) is 5.91 Å². The first-order valence-corrected chi connectivity index (χ1v) is 11.8.